The maximum atomic E-state index is 13.2. The van der Waals surface area contributed by atoms with Gasteiger partial charge in [-0.1, -0.05) is 6.07 Å². The number of amides is 2. The summed E-state index contributed by atoms with van der Waals surface area (Å²) in [6.07, 6.45) is 2.00. The van der Waals surface area contributed by atoms with E-state index < -0.39 is 17.5 Å². The summed E-state index contributed by atoms with van der Waals surface area (Å²) < 4.78 is 26.1. The fourth-order valence-corrected chi connectivity index (χ4v) is 2.67. The monoisotopic (exact) mass is 330 g/mol. The van der Waals surface area contributed by atoms with Gasteiger partial charge < -0.3 is 10.2 Å². The molecule has 0 saturated carbocycles. The fourth-order valence-electron chi connectivity index (χ4n) is 2.67. The number of likely N-dealkylation sites (tertiary alicyclic amines) is 1. The average molecular weight is 330 g/mol. The molecule has 24 heavy (non-hydrogen) atoms. The van der Waals surface area contributed by atoms with Crippen LogP contribution in [0, 0.1) is 11.6 Å². The van der Waals surface area contributed by atoms with Gasteiger partial charge in [0.25, 0.3) is 11.8 Å². The Labute approximate surface area is 138 Å². The van der Waals surface area contributed by atoms with Crippen molar-refractivity contribution in [2.24, 2.45) is 0 Å². The second-order valence-corrected chi connectivity index (χ2v) is 5.66. The normalized spacial score (nSPS) is 13.8. The number of hydrogen-bond acceptors (Lipinski definition) is 2. The molecule has 6 heteroatoms. The van der Waals surface area contributed by atoms with Crippen LogP contribution in [-0.4, -0.2) is 29.8 Å². The molecule has 0 bridgehead atoms. The molecule has 0 atom stereocenters. The van der Waals surface area contributed by atoms with Crippen molar-refractivity contribution in [2.45, 2.75) is 12.8 Å². The summed E-state index contributed by atoms with van der Waals surface area (Å²) in [4.78, 5) is 26.3. The van der Waals surface area contributed by atoms with Gasteiger partial charge in [-0.05, 0) is 49.2 Å². The molecule has 1 aliphatic heterocycles. The lowest BCUT2D eigenvalue weighted by molar-refractivity contribution is 0.0792. The van der Waals surface area contributed by atoms with E-state index in [0.717, 1.165) is 38.1 Å². The minimum atomic E-state index is -1.08. The number of hydrogen-bond donors (Lipinski definition) is 1. The van der Waals surface area contributed by atoms with Gasteiger partial charge in [-0.15, -0.1) is 0 Å². The van der Waals surface area contributed by atoms with E-state index in [2.05, 4.69) is 5.32 Å². The Kier molecular flexibility index (Phi) is 4.55. The quantitative estimate of drug-likeness (QED) is 0.937. The molecule has 2 aromatic rings. The minimum absolute atomic E-state index is 0.00479. The highest BCUT2D eigenvalue weighted by Gasteiger charge is 2.19. The standard InChI is InChI=1S/C18H16F2N2O2/c19-15-7-6-12(11-16(15)20)17(23)21-14-5-3-4-13(10-14)18(24)22-8-1-2-9-22/h3-7,10-11H,1-2,8-9H2,(H,21,23). The van der Waals surface area contributed by atoms with E-state index in [0.29, 0.717) is 11.3 Å². The molecule has 1 heterocycles. The summed E-state index contributed by atoms with van der Waals surface area (Å²) in [5, 5.41) is 2.59. The molecular weight excluding hydrogens is 314 g/mol. The highest BCUT2D eigenvalue weighted by atomic mass is 19.2. The number of nitrogens with one attached hydrogen (secondary N) is 1. The Morgan fingerprint density at radius 2 is 1.67 bits per heavy atom. The van der Waals surface area contributed by atoms with Gasteiger partial charge in [0, 0.05) is 29.9 Å². The predicted octanol–water partition coefficient (Wildman–Crippen LogP) is 3.45. The zero-order valence-corrected chi connectivity index (χ0v) is 12.9. The maximum absolute atomic E-state index is 13.2. The van der Waals surface area contributed by atoms with Crippen molar-refractivity contribution in [3.8, 4) is 0 Å². The van der Waals surface area contributed by atoms with Crippen LogP contribution in [0.2, 0.25) is 0 Å². The first-order valence-electron chi connectivity index (χ1n) is 7.70. The molecule has 0 spiro atoms. The van der Waals surface area contributed by atoms with Crippen LogP contribution in [0.4, 0.5) is 14.5 Å². The zero-order valence-electron chi connectivity index (χ0n) is 12.9. The number of anilines is 1. The van der Waals surface area contributed by atoms with E-state index in [9.17, 15) is 18.4 Å². The van der Waals surface area contributed by atoms with Crippen molar-refractivity contribution in [1.82, 2.24) is 4.90 Å². The molecule has 0 aromatic heterocycles. The second-order valence-electron chi connectivity index (χ2n) is 5.66. The van der Waals surface area contributed by atoms with Crippen molar-refractivity contribution < 1.29 is 18.4 Å². The molecular formula is C18H16F2N2O2. The molecule has 0 unspecified atom stereocenters. The zero-order chi connectivity index (χ0) is 17.1. The first-order valence-corrected chi connectivity index (χ1v) is 7.70. The van der Waals surface area contributed by atoms with Gasteiger partial charge in [-0.3, -0.25) is 9.59 Å². The summed E-state index contributed by atoms with van der Waals surface area (Å²) >= 11 is 0. The summed E-state index contributed by atoms with van der Waals surface area (Å²) in [6.45, 7) is 1.48. The highest BCUT2D eigenvalue weighted by Crippen LogP contribution is 2.17. The van der Waals surface area contributed by atoms with E-state index in [1.54, 1.807) is 29.2 Å². The maximum Gasteiger partial charge on any atom is 0.255 e. The van der Waals surface area contributed by atoms with Crippen LogP contribution in [-0.2, 0) is 0 Å². The highest BCUT2D eigenvalue weighted by molar-refractivity contribution is 6.05. The average Bonchev–Trinajstić information content (AvgIpc) is 3.11. The lowest BCUT2D eigenvalue weighted by Crippen LogP contribution is -2.27. The number of carbonyl (C=O) groups is 2. The second kappa shape index (κ2) is 6.78. The number of nitrogens with zero attached hydrogens (tertiary/aromatic N) is 1. The summed E-state index contributed by atoms with van der Waals surface area (Å²) in [7, 11) is 0. The van der Waals surface area contributed by atoms with E-state index in [-0.39, 0.29) is 11.5 Å². The van der Waals surface area contributed by atoms with Crippen molar-refractivity contribution in [3.05, 3.63) is 65.2 Å². The van der Waals surface area contributed by atoms with Gasteiger partial charge in [-0.2, -0.15) is 0 Å². The molecule has 1 N–H and O–H groups in total. The van der Waals surface area contributed by atoms with Crippen molar-refractivity contribution in [2.75, 3.05) is 18.4 Å². The molecule has 4 nitrogen and oxygen atoms in total. The minimum Gasteiger partial charge on any atom is -0.339 e. The molecule has 1 aliphatic rings. The Morgan fingerprint density at radius 1 is 0.917 bits per heavy atom. The molecule has 1 saturated heterocycles. The summed E-state index contributed by atoms with van der Waals surface area (Å²) in [5.41, 5.74) is 0.917. The third-order valence-corrected chi connectivity index (χ3v) is 3.94. The Balaban J connectivity index is 1.75. The van der Waals surface area contributed by atoms with Gasteiger partial charge in [0.05, 0.1) is 0 Å². The van der Waals surface area contributed by atoms with Crippen LogP contribution < -0.4 is 5.32 Å². The van der Waals surface area contributed by atoms with Gasteiger partial charge in [0.15, 0.2) is 11.6 Å². The smallest absolute Gasteiger partial charge is 0.255 e. The Morgan fingerprint density at radius 3 is 2.38 bits per heavy atom. The predicted molar refractivity (Wildman–Crippen MR) is 85.9 cm³/mol. The Bertz CT molecular complexity index is 786. The number of rotatable bonds is 3. The van der Waals surface area contributed by atoms with E-state index in [4.69, 9.17) is 0 Å². The van der Waals surface area contributed by atoms with Crippen LogP contribution in [0.25, 0.3) is 0 Å². The van der Waals surface area contributed by atoms with Gasteiger partial charge in [0.1, 0.15) is 0 Å². The van der Waals surface area contributed by atoms with Crippen LogP contribution in [0.3, 0.4) is 0 Å². The summed E-state index contributed by atoms with van der Waals surface area (Å²) in [5.74, 6) is -2.73. The third-order valence-electron chi connectivity index (χ3n) is 3.94. The largest absolute Gasteiger partial charge is 0.339 e. The first kappa shape index (κ1) is 16.1. The fraction of sp³-hybridized carbons (Fsp3) is 0.222. The molecule has 124 valence electrons. The van der Waals surface area contributed by atoms with Gasteiger partial charge in [-0.25, -0.2) is 8.78 Å². The number of benzene rings is 2. The van der Waals surface area contributed by atoms with Crippen LogP contribution in [0.5, 0.6) is 0 Å². The first-order chi connectivity index (χ1) is 11.5. The topological polar surface area (TPSA) is 49.4 Å². The molecule has 2 aromatic carbocycles. The molecule has 3 rings (SSSR count). The van der Waals surface area contributed by atoms with Crippen LogP contribution in [0.15, 0.2) is 42.5 Å². The molecule has 0 aliphatic carbocycles. The van der Waals surface area contributed by atoms with Crippen LogP contribution >= 0.6 is 0 Å². The van der Waals surface area contributed by atoms with Crippen molar-refractivity contribution in [3.63, 3.8) is 0 Å². The number of halogens is 2. The van der Waals surface area contributed by atoms with E-state index in [1.165, 1.54) is 6.07 Å². The third kappa shape index (κ3) is 3.42. The van der Waals surface area contributed by atoms with Crippen molar-refractivity contribution >= 4 is 17.5 Å². The van der Waals surface area contributed by atoms with Gasteiger partial charge in [0.2, 0.25) is 0 Å². The van der Waals surface area contributed by atoms with Gasteiger partial charge >= 0.3 is 0 Å². The number of carbonyl (C=O) groups excluding carboxylic acids is 2. The van der Waals surface area contributed by atoms with E-state index in [1.807, 2.05) is 0 Å². The summed E-state index contributed by atoms with van der Waals surface area (Å²) in [6, 6.07) is 9.52. The lowest BCUT2D eigenvalue weighted by Gasteiger charge is -2.15. The van der Waals surface area contributed by atoms with E-state index >= 15 is 0 Å². The molecule has 0 radical (unpaired) electrons. The van der Waals surface area contributed by atoms with Crippen molar-refractivity contribution in [1.29, 1.82) is 0 Å². The lowest BCUT2D eigenvalue weighted by atomic mass is 10.1. The SMILES string of the molecule is O=C(Nc1cccc(C(=O)N2CCCC2)c1)c1ccc(F)c(F)c1. The molecule has 2 amide bonds. The van der Waals surface area contributed by atoms with Crippen LogP contribution in [0.1, 0.15) is 33.6 Å². The Hall–Kier alpha value is -2.76. The molecule has 1 fully saturated rings.